The molecular weight excluding hydrogens is 366 g/mol. The van der Waals surface area contributed by atoms with Gasteiger partial charge in [0.1, 0.15) is 17.8 Å². The van der Waals surface area contributed by atoms with E-state index in [1.54, 1.807) is 43.1 Å². The van der Waals surface area contributed by atoms with Crippen LogP contribution in [0, 0.1) is 0 Å². The summed E-state index contributed by atoms with van der Waals surface area (Å²) in [5.74, 6) is 0.912. The lowest BCUT2D eigenvalue weighted by Crippen LogP contribution is -2.13. The Kier molecular flexibility index (Phi) is 4.28. The Morgan fingerprint density at radius 1 is 1.07 bits per heavy atom. The topological polar surface area (TPSA) is 98.5 Å². The maximum atomic E-state index is 12.8. The summed E-state index contributed by atoms with van der Waals surface area (Å²) in [6.45, 7) is 0. The van der Waals surface area contributed by atoms with E-state index in [2.05, 4.69) is 30.5 Å². The van der Waals surface area contributed by atoms with Gasteiger partial charge in [0, 0.05) is 35.8 Å². The fourth-order valence-corrected chi connectivity index (χ4v) is 3.11. The van der Waals surface area contributed by atoms with E-state index in [9.17, 15) is 4.79 Å². The van der Waals surface area contributed by atoms with E-state index in [1.165, 1.54) is 0 Å². The zero-order chi connectivity index (χ0) is 19.6. The maximum Gasteiger partial charge on any atom is 0.256 e. The molecule has 5 rings (SSSR count). The molecule has 0 spiro atoms. The summed E-state index contributed by atoms with van der Waals surface area (Å²) in [4.78, 5) is 25.7. The summed E-state index contributed by atoms with van der Waals surface area (Å²) in [6.07, 6.45) is 9.01. The third-order valence-corrected chi connectivity index (χ3v) is 4.71. The smallest absolute Gasteiger partial charge is 0.256 e. The molecule has 4 aromatic heterocycles. The molecule has 4 heterocycles. The van der Waals surface area contributed by atoms with Crippen LogP contribution in [0.15, 0.2) is 67.4 Å². The van der Waals surface area contributed by atoms with Crippen molar-refractivity contribution in [1.29, 1.82) is 0 Å². The molecule has 1 fully saturated rings. The van der Waals surface area contributed by atoms with Gasteiger partial charge in [-0.05, 0) is 49.2 Å². The average molecular weight is 383 g/mol. The van der Waals surface area contributed by atoms with Crippen molar-refractivity contribution in [2.45, 2.75) is 18.9 Å². The number of carbonyl (C=O) groups excluding carboxylic acids is 1. The zero-order valence-electron chi connectivity index (χ0n) is 15.4. The SMILES string of the molecule is O=C(Nc1cccc(-c2nncn2C2CC2)n1)c1ccnc(-c2cccnc2)c1. The second-order valence-corrected chi connectivity index (χ2v) is 6.83. The highest BCUT2D eigenvalue weighted by atomic mass is 16.1. The lowest BCUT2D eigenvalue weighted by molar-refractivity contribution is 0.102. The lowest BCUT2D eigenvalue weighted by atomic mass is 10.1. The predicted octanol–water partition coefficient (Wildman–Crippen LogP) is 3.38. The molecule has 0 unspecified atom stereocenters. The molecule has 1 N–H and O–H groups in total. The number of nitrogens with one attached hydrogen (secondary N) is 1. The minimum Gasteiger partial charge on any atom is -0.309 e. The standard InChI is InChI=1S/C21H17N7O/c29-21(14-8-10-23-18(11-14)15-3-2-9-22-12-15)26-19-5-1-4-17(25-19)20-27-24-13-28(20)16-6-7-16/h1-5,8-13,16H,6-7H2,(H,25,26,29). The van der Waals surface area contributed by atoms with Gasteiger partial charge in [0.05, 0.1) is 5.69 Å². The Hall–Kier alpha value is -3.94. The van der Waals surface area contributed by atoms with Gasteiger partial charge in [0.25, 0.3) is 5.91 Å². The van der Waals surface area contributed by atoms with Gasteiger partial charge < -0.3 is 9.88 Å². The van der Waals surface area contributed by atoms with Crippen LogP contribution in [-0.2, 0) is 0 Å². The van der Waals surface area contributed by atoms with Crippen molar-refractivity contribution in [3.8, 4) is 22.8 Å². The van der Waals surface area contributed by atoms with E-state index < -0.39 is 0 Å². The molecule has 142 valence electrons. The third kappa shape index (κ3) is 3.60. The van der Waals surface area contributed by atoms with E-state index in [-0.39, 0.29) is 5.91 Å². The summed E-state index contributed by atoms with van der Waals surface area (Å²) in [6, 6.07) is 13.0. The van der Waals surface area contributed by atoms with Crippen LogP contribution < -0.4 is 5.32 Å². The van der Waals surface area contributed by atoms with Crippen LogP contribution in [0.1, 0.15) is 29.2 Å². The van der Waals surface area contributed by atoms with Gasteiger partial charge in [0.15, 0.2) is 5.82 Å². The van der Waals surface area contributed by atoms with Gasteiger partial charge in [-0.25, -0.2) is 4.98 Å². The minimum absolute atomic E-state index is 0.258. The minimum atomic E-state index is -0.258. The average Bonchev–Trinajstić information content (AvgIpc) is 3.50. The van der Waals surface area contributed by atoms with E-state index in [0.29, 0.717) is 34.6 Å². The zero-order valence-corrected chi connectivity index (χ0v) is 15.4. The number of anilines is 1. The Morgan fingerprint density at radius 2 is 2.00 bits per heavy atom. The van der Waals surface area contributed by atoms with Crippen molar-refractivity contribution in [3.05, 3.63) is 72.9 Å². The summed E-state index contributed by atoms with van der Waals surface area (Å²) < 4.78 is 2.04. The normalized spacial score (nSPS) is 13.2. The van der Waals surface area contributed by atoms with Gasteiger partial charge >= 0.3 is 0 Å². The first kappa shape index (κ1) is 17.2. The first-order valence-electron chi connectivity index (χ1n) is 9.33. The quantitative estimate of drug-likeness (QED) is 0.567. The van der Waals surface area contributed by atoms with E-state index in [1.807, 2.05) is 28.8 Å². The Morgan fingerprint density at radius 3 is 2.83 bits per heavy atom. The molecule has 1 aliphatic carbocycles. The van der Waals surface area contributed by atoms with Crippen LogP contribution in [0.5, 0.6) is 0 Å². The Labute approximate surface area is 166 Å². The highest BCUT2D eigenvalue weighted by Gasteiger charge is 2.27. The van der Waals surface area contributed by atoms with Crippen LogP contribution in [0.4, 0.5) is 5.82 Å². The number of hydrogen-bond donors (Lipinski definition) is 1. The largest absolute Gasteiger partial charge is 0.309 e. The summed E-state index contributed by atoms with van der Waals surface area (Å²) in [5.41, 5.74) is 2.71. The van der Waals surface area contributed by atoms with Crippen LogP contribution in [0.2, 0.25) is 0 Å². The summed E-state index contributed by atoms with van der Waals surface area (Å²) >= 11 is 0. The van der Waals surface area contributed by atoms with E-state index >= 15 is 0 Å². The second-order valence-electron chi connectivity index (χ2n) is 6.83. The van der Waals surface area contributed by atoms with Crippen LogP contribution in [0.3, 0.4) is 0 Å². The first-order valence-corrected chi connectivity index (χ1v) is 9.33. The number of aromatic nitrogens is 6. The molecule has 1 amide bonds. The summed E-state index contributed by atoms with van der Waals surface area (Å²) in [5, 5.41) is 11.1. The van der Waals surface area contributed by atoms with Crippen molar-refractivity contribution >= 4 is 11.7 Å². The highest BCUT2D eigenvalue weighted by molar-refractivity contribution is 6.04. The molecule has 8 nitrogen and oxygen atoms in total. The molecule has 0 radical (unpaired) electrons. The predicted molar refractivity (Wildman–Crippen MR) is 107 cm³/mol. The molecular formula is C21H17N7O. The highest BCUT2D eigenvalue weighted by Crippen LogP contribution is 2.37. The number of pyridine rings is 3. The monoisotopic (exact) mass is 383 g/mol. The summed E-state index contributed by atoms with van der Waals surface area (Å²) in [7, 11) is 0. The maximum absolute atomic E-state index is 12.8. The molecule has 0 aliphatic heterocycles. The molecule has 0 atom stereocenters. The van der Waals surface area contributed by atoms with Gasteiger partial charge in [-0.2, -0.15) is 0 Å². The van der Waals surface area contributed by atoms with Crippen molar-refractivity contribution in [2.75, 3.05) is 5.32 Å². The molecule has 0 saturated heterocycles. The lowest BCUT2D eigenvalue weighted by Gasteiger charge is -2.08. The molecule has 4 aromatic rings. The number of nitrogens with zero attached hydrogens (tertiary/aromatic N) is 6. The number of amides is 1. The molecule has 1 aliphatic rings. The molecule has 8 heteroatoms. The van der Waals surface area contributed by atoms with Crippen LogP contribution in [-0.4, -0.2) is 35.6 Å². The molecule has 0 bridgehead atoms. The Bertz CT molecular complexity index is 1170. The van der Waals surface area contributed by atoms with Crippen molar-refractivity contribution in [1.82, 2.24) is 29.7 Å². The van der Waals surface area contributed by atoms with E-state index in [0.717, 1.165) is 18.4 Å². The third-order valence-electron chi connectivity index (χ3n) is 4.71. The van der Waals surface area contributed by atoms with Crippen molar-refractivity contribution < 1.29 is 4.79 Å². The van der Waals surface area contributed by atoms with Crippen molar-refractivity contribution in [2.24, 2.45) is 0 Å². The molecule has 29 heavy (non-hydrogen) atoms. The Balaban J connectivity index is 1.38. The fraction of sp³-hybridized carbons (Fsp3) is 0.143. The first-order chi connectivity index (χ1) is 14.3. The number of hydrogen-bond acceptors (Lipinski definition) is 6. The molecule has 1 saturated carbocycles. The van der Waals surface area contributed by atoms with Crippen molar-refractivity contribution in [3.63, 3.8) is 0 Å². The van der Waals surface area contributed by atoms with Gasteiger partial charge in [-0.1, -0.05) is 6.07 Å². The number of carbonyl (C=O) groups is 1. The number of rotatable bonds is 5. The van der Waals surface area contributed by atoms with Crippen LogP contribution >= 0.6 is 0 Å². The fourth-order valence-electron chi connectivity index (χ4n) is 3.11. The molecule has 0 aromatic carbocycles. The van der Waals surface area contributed by atoms with Gasteiger partial charge in [-0.3, -0.25) is 14.8 Å². The van der Waals surface area contributed by atoms with Gasteiger partial charge in [0.2, 0.25) is 0 Å². The second kappa shape index (κ2) is 7.23. The van der Waals surface area contributed by atoms with Crippen LogP contribution in [0.25, 0.3) is 22.8 Å². The van der Waals surface area contributed by atoms with E-state index in [4.69, 9.17) is 0 Å². The van der Waals surface area contributed by atoms with Gasteiger partial charge in [-0.15, -0.1) is 10.2 Å².